The lowest BCUT2D eigenvalue weighted by atomic mass is 10.0. The second-order valence-corrected chi connectivity index (χ2v) is 8.79. The van der Waals surface area contributed by atoms with Gasteiger partial charge in [0.05, 0.1) is 17.4 Å². The molecule has 5 nitrogen and oxygen atoms in total. The van der Waals surface area contributed by atoms with Crippen LogP contribution in [0.15, 0.2) is 114 Å². The largest absolute Gasteiger partial charge is 0.420 e. The van der Waals surface area contributed by atoms with Gasteiger partial charge in [-0.2, -0.15) is 13.2 Å². The maximum atomic E-state index is 15.0. The maximum Gasteiger partial charge on any atom is 0.420 e. The number of allylic oxidation sites excluding steroid dienone is 9. The summed E-state index contributed by atoms with van der Waals surface area (Å²) in [5, 5.41) is 8.36. The first-order valence-electron chi connectivity index (χ1n) is 12.4. The topological polar surface area (TPSA) is 61.3 Å². The Morgan fingerprint density at radius 3 is 2.55 bits per heavy atom. The summed E-state index contributed by atoms with van der Waals surface area (Å²) in [6, 6.07) is 5.65. The number of rotatable bonds is 11. The van der Waals surface area contributed by atoms with E-state index in [1.165, 1.54) is 19.3 Å². The number of halogens is 4. The molecule has 2 aromatic rings. The number of hydrogen-bond acceptors (Lipinski definition) is 5. The van der Waals surface area contributed by atoms with Crippen molar-refractivity contribution in [3.63, 3.8) is 0 Å². The molecular weight excluding hydrogens is 518 g/mol. The zero-order valence-corrected chi connectivity index (χ0v) is 22.4. The summed E-state index contributed by atoms with van der Waals surface area (Å²) in [6.45, 7) is 13.4. The Bertz CT molecular complexity index is 1440. The number of nitrogens with zero attached hydrogens (tertiary/aromatic N) is 2. The van der Waals surface area contributed by atoms with Gasteiger partial charge in [-0.3, -0.25) is 0 Å². The van der Waals surface area contributed by atoms with Gasteiger partial charge in [-0.05, 0) is 53.8 Å². The summed E-state index contributed by atoms with van der Waals surface area (Å²) in [5.41, 5.74) is 2.95. The molecule has 0 amide bonds. The Morgan fingerprint density at radius 1 is 1.18 bits per heavy atom. The minimum absolute atomic E-state index is 0.0594. The molecule has 0 fully saturated rings. The first kappa shape index (κ1) is 29.9. The van der Waals surface area contributed by atoms with Crippen molar-refractivity contribution in [1.29, 1.82) is 0 Å². The van der Waals surface area contributed by atoms with Gasteiger partial charge in [0.25, 0.3) is 0 Å². The molecule has 40 heavy (non-hydrogen) atoms. The molecule has 1 aliphatic carbocycles. The van der Waals surface area contributed by atoms with Crippen molar-refractivity contribution in [1.82, 2.24) is 10.3 Å². The number of hydrogen-bond donors (Lipinski definition) is 3. The normalized spacial score (nSPS) is 14.7. The lowest BCUT2D eigenvalue weighted by Gasteiger charge is -2.15. The van der Waals surface area contributed by atoms with Gasteiger partial charge in [0.15, 0.2) is 0 Å². The van der Waals surface area contributed by atoms with E-state index in [2.05, 4.69) is 45.7 Å². The van der Waals surface area contributed by atoms with Crippen molar-refractivity contribution in [3.8, 4) is 0 Å². The summed E-state index contributed by atoms with van der Waals surface area (Å²) in [5.74, 6) is -0.374. The van der Waals surface area contributed by atoms with Crippen molar-refractivity contribution in [2.24, 2.45) is 4.99 Å². The molecule has 0 radical (unpaired) electrons. The lowest BCUT2D eigenvalue weighted by molar-refractivity contribution is -0.137. The van der Waals surface area contributed by atoms with E-state index in [1.54, 1.807) is 30.5 Å². The van der Waals surface area contributed by atoms with Crippen molar-refractivity contribution in [2.45, 2.75) is 25.9 Å². The zero-order chi connectivity index (χ0) is 29.3. The van der Waals surface area contributed by atoms with E-state index in [4.69, 9.17) is 0 Å². The Hall–Kier alpha value is -4.66. The van der Waals surface area contributed by atoms with Gasteiger partial charge >= 0.3 is 6.18 Å². The minimum Gasteiger partial charge on any atom is -0.373 e. The first-order valence-corrected chi connectivity index (χ1v) is 12.4. The summed E-state index contributed by atoms with van der Waals surface area (Å²) < 4.78 is 55.0. The SMILES string of the molecule is C=C/C(NC(=C)/N=C\C(=C/C)c1ccc(CC(=C)Nc2cnc(NC)c(C(F)(F)F)c2)c(F)c1)=C1/C=CC=CC1. The second kappa shape index (κ2) is 13.4. The molecule has 1 heterocycles. The summed E-state index contributed by atoms with van der Waals surface area (Å²) in [6.07, 6.45) is 10.5. The summed E-state index contributed by atoms with van der Waals surface area (Å²) >= 11 is 0. The van der Waals surface area contributed by atoms with E-state index in [0.717, 1.165) is 23.8 Å². The quantitative estimate of drug-likeness (QED) is 0.197. The summed E-state index contributed by atoms with van der Waals surface area (Å²) in [7, 11) is 1.36. The van der Waals surface area contributed by atoms with Crippen LogP contribution in [0.25, 0.3) is 5.57 Å². The van der Waals surface area contributed by atoms with Crippen LogP contribution in [0.5, 0.6) is 0 Å². The van der Waals surface area contributed by atoms with Gasteiger partial charge in [0, 0.05) is 31.1 Å². The van der Waals surface area contributed by atoms with Crippen LogP contribution in [0.2, 0.25) is 0 Å². The average molecular weight is 550 g/mol. The van der Waals surface area contributed by atoms with Crippen LogP contribution in [0.1, 0.15) is 30.0 Å². The highest BCUT2D eigenvalue weighted by Gasteiger charge is 2.34. The molecule has 1 aromatic heterocycles. The third-order valence-corrected chi connectivity index (χ3v) is 5.92. The van der Waals surface area contributed by atoms with E-state index in [0.29, 0.717) is 28.2 Å². The first-order chi connectivity index (χ1) is 19.0. The molecule has 9 heteroatoms. The van der Waals surface area contributed by atoms with Crippen molar-refractivity contribution in [3.05, 3.63) is 132 Å². The Labute approximate surface area is 231 Å². The third kappa shape index (κ3) is 7.92. The monoisotopic (exact) mass is 549 g/mol. The van der Waals surface area contributed by atoms with Crippen LogP contribution < -0.4 is 16.0 Å². The van der Waals surface area contributed by atoms with Gasteiger partial charge in [0.2, 0.25) is 0 Å². The highest BCUT2D eigenvalue weighted by molar-refractivity contribution is 6.10. The molecule has 0 spiro atoms. The standard InChI is InChI=1S/C31H31F4N5/c1-6-22(18-37-21(4)40-29(7-2)23-11-9-8-10-12-23)24-13-14-25(28(32)16-24)15-20(3)39-26-17-27(31(33,34)35)30(36-5)38-19-26/h6-11,13-14,16-19,39-40H,2-4,12,15H2,1,5H3,(H,36,38)/b22-6+,29-23+,37-18-. The third-order valence-electron chi connectivity index (χ3n) is 5.92. The van der Waals surface area contributed by atoms with Gasteiger partial charge in [-0.25, -0.2) is 14.4 Å². The molecule has 0 aliphatic heterocycles. The maximum absolute atomic E-state index is 15.0. The predicted molar refractivity (Wildman–Crippen MR) is 156 cm³/mol. The van der Waals surface area contributed by atoms with Gasteiger partial charge in [0.1, 0.15) is 17.5 Å². The van der Waals surface area contributed by atoms with Crippen LogP contribution in [0.3, 0.4) is 0 Å². The minimum atomic E-state index is -4.59. The molecular formula is C31H31F4N5. The number of alkyl halides is 3. The molecule has 3 N–H and O–H groups in total. The zero-order valence-electron chi connectivity index (χ0n) is 22.4. The van der Waals surface area contributed by atoms with Crippen molar-refractivity contribution in [2.75, 3.05) is 17.7 Å². The van der Waals surface area contributed by atoms with E-state index >= 15 is 4.39 Å². The molecule has 208 valence electrons. The number of pyridine rings is 1. The van der Waals surface area contributed by atoms with Crippen LogP contribution in [-0.4, -0.2) is 18.2 Å². The molecule has 1 aromatic carbocycles. The fraction of sp³-hybridized carbons (Fsp3) is 0.161. The van der Waals surface area contributed by atoms with E-state index in [-0.39, 0.29) is 17.9 Å². The van der Waals surface area contributed by atoms with Gasteiger partial charge < -0.3 is 16.0 Å². The lowest BCUT2D eigenvalue weighted by Crippen LogP contribution is -2.12. The molecule has 0 saturated carbocycles. The molecule has 3 rings (SSSR count). The highest BCUT2D eigenvalue weighted by atomic mass is 19.4. The van der Waals surface area contributed by atoms with Gasteiger partial charge in [-0.15, -0.1) is 0 Å². The average Bonchev–Trinajstić information content (AvgIpc) is 2.93. The number of nitrogens with one attached hydrogen (secondary N) is 3. The molecule has 0 saturated heterocycles. The second-order valence-electron chi connectivity index (χ2n) is 8.79. The van der Waals surface area contributed by atoms with Crippen molar-refractivity contribution < 1.29 is 17.6 Å². The molecule has 0 atom stereocenters. The Kier molecular flexibility index (Phi) is 10.0. The van der Waals surface area contributed by atoms with Crippen molar-refractivity contribution >= 4 is 23.3 Å². The highest BCUT2D eigenvalue weighted by Crippen LogP contribution is 2.35. The summed E-state index contributed by atoms with van der Waals surface area (Å²) in [4.78, 5) is 8.18. The van der Waals surface area contributed by atoms with Crippen LogP contribution >= 0.6 is 0 Å². The fourth-order valence-electron chi connectivity index (χ4n) is 3.92. The number of anilines is 2. The number of aromatic nitrogens is 1. The molecule has 0 unspecified atom stereocenters. The van der Waals surface area contributed by atoms with Crippen LogP contribution in [0, 0.1) is 5.82 Å². The predicted octanol–water partition coefficient (Wildman–Crippen LogP) is 7.94. The fourth-order valence-corrected chi connectivity index (χ4v) is 3.92. The Balaban J connectivity index is 1.67. The van der Waals surface area contributed by atoms with E-state index in [1.807, 2.05) is 31.2 Å². The van der Waals surface area contributed by atoms with E-state index in [9.17, 15) is 13.2 Å². The van der Waals surface area contributed by atoms with Crippen LogP contribution in [-0.2, 0) is 12.6 Å². The van der Waals surface area contributed by atoms with Crippen LogP contribution in [0.4, 0.5) is 29.1 Å². The number of benzene rings is 1. The van der Waals surface area contributed by atoms with E-state index < -0.39 is 17.6 Å². The van der Waals surface area contributed by atoms with Gasteiger partial charge in [-0.1, -0.05) is 62.2 Å². The Morgan fingerprint density at radius 2 is 1.95 bits per heavy atom. The smallest absolute Gasteiger partial charge is 0.373 e. The molecule has 0 bridgehead atoms. The number of aliphatic imine (C=N–C) groups is 1. The molecule has 1 aliphatic rings.